The molecule has 1 unspecified atom stereocenters. The van der Waals surface area contributed by atoms with Crippen LogP contribution >= 0.6 is 0 Å². The topological polar surface area (TPSA) is 98.2 Å². The molecule has 8 heteroatoms. The molecule has 0 radical (unpaired) electrons. The van der Waals surface area contributed by atoms with Gasteiger partial charge in [-0.25, -0.2) is 13.1 Å². The SMILES string of the molecule is Cc1nc(CS(=O)(=O)NC(C)c2oc3ccccc3c2C)no1. The number of fused-ring (bicyclic) bond motifs is 1. The normalized spacial score (nSPS) is 13.5. The zero-order valence-electron chi connectivity index (χ0n) is 13.0. The van der Waals surface area contributed by atoms with Crippen molar-refractivity contribution in [3.63, 3.8) is 0 Å². The average Bonchev–Trinajstić information content (AvgIpc) is 3.02. The van der Waals surface area contributed by atoms with Gasteiger partial charge in [-0.1, -0.05) is 23.4 Å². The van der Waals surface area contributed by atoms with Crippen LogP contribution in [0.25, 0.3) is 11.0 Å². The van der Waals surface area contributed by atoms with E-state index in [1.165, 1.54) is 0 Å². The van der Waals surface area contributed by atoms with E-state index in [0.29, 0.717) is 11.7 Å². The molecule has 0 saturated carbocycles. The number of para-hydroxylation sites is 1. The van der Waals surface area contributed by atoms with Gasteiger partial charge in [-0.2, -0.15) is 4.98 Å². The first-order valence-corrected chi connectivity index (χ1v) is 8.78. The first-order valence-electron chi connectivity index (χ1n) is 7.13. The van der Waals surface area contributed by atoms with Gasteiger partial charge in [0.1, 0.15) is 17.1 Å². The lowest BCUT2D eigenvalue weighted by atomic mass is 10.1. The lowest BCUT2D eigenvalue weighted by Crippen LogP contribution is -2.28. The van der Waals surface area contributed by atoms with Crippen molar-refractivity contribution < 1.29 is 17.4 Å². The molecule has 23 heavy (non-hydrogen) atoms. The van der Waals surface area contributed by atoms with E-state index < -0.39 is 16.1 Å². The summed E-state index contributed by atoms with van der Waals surface area (Å²) in [6.07, 6.45) is 0. The van der Waals surface area contributed by atoms with Crippen molar-refractivity contribution in [2.24, 2.45) is 0 Å². The van der Waals surface area contributed by atoms with Crippen LogP contribution in [0.1, 0.15) is 36.0 Å². The summed E-state index contributed by atoms with van der Waals surface area (Å²) in [6.45, 7) is 5.26. The van der Waals surface area contributed by atoms with E-state index in [1.54, 1.807) is 13.8 Å². The highest BCUT2D eigenvalue weighted by Crippen LogP contribution is 2.29. The van der Waals surface area contributed by atoms with Crippen LogP contribution in [0.4, 0.5) is 0 Å². The summed E-state index contributed by atoms with van der Waals surface area (Å²) in [5.74, 6) is 0.715. The number of sulfonamides is 1. The van der Waals surface area contributed by atoms with Crippen LogP contribution in [-0.2, 0) is 15.8 Å². The van der Waals surface area contributed by atoms with Crippen LogP contribution in [-0.4, -0.2) is 18.6 Å². The molecule has 2 aromatic heterocycles. The molecular weight excluding hydrogens is 318 g/mol. The predicted molar refractivity (Wildman–Crippen MR) is 84.2 cm³/mol. The van der Waals surface area contributed by atoms with Crippen LogP contribution in [0.2, 0.25) is 0 Å². The van der Waals surface area contributed by atoms with E-state index in [4.69, 9.17) is 8.94 Å². The lowest BCUT2D eigenvalue weighted by molar-refractivity contribution is 0.388. The minimum Gasteiger partial charge on any atom is -0.459 e. The first-order chi connectivity index (χ1) is 10.9. The van der Waals surface area contributed by atoms with E-state index in [2.05, 4.69) is 14.9 Å². The molecule has 0 spiro atoms. The second-order valence-electron chi connectivity index (χ2n) is 5.42. The van der Waals surface area contributed by atoms with Crippen molar-refractivity contribution in [2.45, 2.75) is 32.6 Å². The molecule has 2 heterocycles. The monoisotopic (exact) mass is 335 g/mol. The Balaban J connectivity index is 1.82. The van der Waals surface area contributed by atoms with Gasteiger partial charge in [0, 0.05) is 17.9 Å². The smallest absolute Gasteiger partial charge is 0.223 e. The summed E-state index contributed by atoms with van der Waals surface area (Å²) >= 11 is 0. The molecule has 7 nitrogen and oxygen atoms in total. The number of hydrogen-bond acceptors (Lipinski definition) is 6. The molecule has 0 fully saturated rings. The highest BCUT2D eigenvalue weighted by molar-refractivity contribution is 7.88. The van der Waals surface area contributed by atoms with Crippen LogP contribution in [0, 0.1) is 13.8 Å². The number of aryl methyl sites for hydroxylation is 2. The van der Waals surface area contributed by atoms with E-state index in [-0.39, 0.29) is 11.6 Å². The molecule has 0 aliphatic carbocycles. The Bertz CT molecular complexity index is 943. The van der Waals surface area contributed by atoms with Crippen molar-refractivity contribution in [3.8, 4) is 0 Å². The molecule has 0 saturated heterocycles. The molecule has 1 atom stereocenters. The Morgan fingerprint density at radius 1 is 1.26 bits per heavy atom. The number of aromatic nitrogens is 2. The van der Waals surface area contributed by atoms with Crippen molar-refractivity contribution in [1.82, 2.24) is 14.9 Å². The van der Waals surface area contributed by atoms with Crippen LogP contribution < -0.4 is 4.72 Å². The van der Waals surface area contributed by atoms with Gasteiger partial charge < -0.3 is 8.94 Å². The van der Waals surface area contributed by atoms with Gasteiger partial charge in [-0.05, 0) is 19.9 Å². The minimum absolute atomic E-state index is 0.128. The Kier molecular flexibility index (Phi) is 3.95. The van der Waals surface area contributed by atoms with Gasteiger partial charge in [0.15, 0.2) is 5.82 Å². The molecule has 3 aromatic rings. The van der Waals surface area contributed by atoms with Crippen LogP contribution in [0.15, 0.2) is 33.2 Å². The summed E-state index contributed by atoms with van der Waals surface area (Å²) in [5.41, 5.74) is 1.66. The molecule has 0 amide bonds. The molecule has 0 aliphatic rings. The number of rotatable bonds is 5. The molecular formula is C15H17N3O4S. The largest absolute Gasteiger partial charge is 0.459 e. The van der Waals surface area contributed by atoms with Crippen LogP contribution in [0.5, 0.6) is 0 Å². The van der Waals surface area contributed by atoms with Gasteiger partial charge in [0.2, 0.25) is 15.9 Å². The Morgan fingerprint density at radius 2 is 2.00 bits per heavy atom. The summed E-state index contributed by atoms with van der Waals surface area (Å²) in [7, 11) is -3.62. The van der Waals surface area contributed by atoms with Gasteiger partial charge in [-0.3, -0.25) is 0 Å². The Morgan fingerprint density at radius 3 is 2.65 bits per heavy atom. The van der Waals surface area contributed by atoms with Gasteiger partial charge >= 0.3 is 0 Å². The molecule has 1 aromatic carbocycles. The van der Waals surface area contributed by atoms with Gasteiger partial charge in [-0.15, -0.1) is 0 Å². The zero-order chi connectivity index (χ0) is 16.6. The summed E-state index contributed by atoms with van der Waals surface area (Å²) in [6, 6.07) is 7.10. The second-order valence-corrected chi connectivity index (χ2v) is 7.17. The minimum atomic E-state index is -3.62. The molecule has 0 bridgehead atoms. The quantitative estimate of drug-likeness (QED) is 0.769. The average molecular weight is 335 g/mol. The fraction of sp³-hybridized carbons (Fsp3) is 0.333. The Hall–Kier alpha value is -2.19. The third-order valence-corrected chi connectivity index (χ3v) is 4.87. The fourth-order valence-electron chi connectivity index (χ4n) is 2.54. The van der Waals surface area contributed by atoms with Crippen molar-refractivity contribution in [2.75, 3.05) is 0 Å². The van der Waals surface area contributed by atoms with E-state index in [9.17, 15) is 8.42 Å². The number of nitrogens with one attached hydrogen (secondary N) is 1. The van der Waals surface area contributed by atoms with Gasteiger partial charge in [0.05, 0.1) is 6.04 Å². The maximum atomic E-state index is 12.2. The number of hydrogen-bond donors (Lipinski definition) is 1. The predicted octanol–water partition coefficient (Wildman–Crippen LogP) is 2.61. The van der Waals surface area contributed by atoms with E-state index in [0.717, 1.165) is 16.5 Å². The fourth-order valence-corrected chi connectivity index (χ4v) is 3.73. The van der Waals surface area contributed by atoms with Crippen molar-refractivity contribution in [3.05, 3.63) is 47.3 Å². The third kappa shape index (κ3) is 3.27. The maximum absolute atomic E-state index is 12.2. The van der Waals surface area contributed by atoms with Crippen LogP contribution in [0.3, 0.4) is 0 Å². The molecule has 3 rings (SSSR count). The maximum Gasteiger partial charge on any atom is 0.223 e. The highest BCUT2D eigenvalue weighted by atomic mass is 32.2. The molecule has 0 aliphatic heterocycles. The third-order valence-electron chi connectivity index (χ3n) is 3.52. The number of nitrogens with zero attached hydrogens (tertiary/aromatic N) is 2. The summed E-state index contributed by atoms with van der Waals surface area (Å²) in [4.78, 5) is 3.91. The first kappa shape index (κ1) is 15.7. The van der Waals surface area contributed by atoms with Crippen molar-refractivity contribution >= 4 is 21.0 Å². The molecule has 122 valence electrons. The summed E-state index contributed by atoms with van der Waals surface area (Å²) < 4.78 is 37.7. The van der Waals surface area contributed by atoms with Gasteiger partial charge in [0.25, 0.3) is 0 Å². The van der Waals surface area contributed by atoms with E-state index >= 15 is 0 Å². The summed E-state index contributed by atoms with van der Waals surface area (Å²) in [5, 5.41) is 4.58. The standard InChI is InChI=1S/C15H17N3O4S/c1-9-12-6-4-5-7-13(12)21-15(9)10(2)18-23(19,20)8-14-16-11(3)22-17-14/h4-7,10,18H,8H2,1-3H3. The van der Waals surface area contributed by atoms with E-state index in [1.807, 2.05) is 31.2 Å². The zero-order valence-corrected chi connectivity index (χ0v) is 13.8. The highest BCUT2D eigenvalue weighted by Gasteiger charge is 2.23. The number of benzene rings is 1. The van der Waals surface area contributed by atoms with Crippen molar-refractivity contribution in [1.29, 1.82) is 0 Å². The lowest BCUT2D eigenvalue weighted by Gasteiger charge is -2.12. The molecule has 1 N–H and O–H groups in total. The second kappa shape index (κ2) is 5.78. The Labute approximate surface area is 133 Å². The number of furan rings is 1.